The van der Waals surface area contributed by atoms with Gasteiger partial charge in [0, 0.05) is 24.3 Å². The molecule has 3 rings (SSSR count). The second kappa shape index (κ2) is 6.80. The lowest BCUT2D eigenvalue weighted by Gasteiger charge is -2.26. The van der Waals surface area contributed by atoms with Crippen molar-refractivity contribution in [2.75, 3.05) is 37.4 Å². The van der Waals surface area contributed by atoms with Crippen LogP contribution in [0.5, 0.6) is 0 Å². The molecule has 0 unspecified atom stereocenters. The Morgan fingerprint density at radius 1 is 1.27 bits per heavy atom. The molecule has 0 spiro atoms. The molecular weight excluding hydrogens is 304 g/mol. The predicted molar refractivity (Wildman–Crippen MR) is 85.0 cm³/mol. The maximum Gasteiger partial charge on any atom is 0.321 e. The molecule has 0 aliphatic carbocycles. The molecule has 2 N–H and O–H groups in total. The summed E-state index contributed by atoms with van der Waals surface area (Å²) >= 11 is 1.40. The maximum absolute atomic E-state index is 12.1. The van der Waals surface area contributed by atoms with Crippen molar-refractivity contribution in [2.24, 2.45) is 5.10 Å². The molecule has 1 aromatic rings. The average molecular weight is 320 g/mol. The smallest absolute Gasteiger partial charge is 0.321 e. The van der Waals surface area contributed by atoms with Crippen molar-refractivity contribution in [1.29, 1.82) is 0 Å². The van der Waals surface area contributed by atoms with Gasteiger partial charge in [-0.05, 0) is 12.1 Å². The largest absolute Gasteiger partial charge is 0.378 e. The van der Waals surface area contributed by atoms with Crippen LogP contribution in [0.1, 0.15) is 5.56 Å². The van der Waals surface area contributed by atoms with Gasteiger partial charge in [-0.2, -0.15) is 5.10 Å². The summed E-state index contributed by atoms with van der Waals surface area (Å²) in [5.41, 5.74) is 4.10. The SMILES string of the molecule is O=C1CSC(c2ccc(NC(=O)N3CCOCC3)cc2)=NN1. The summed E-state index contributed by atoms with van der Waals surface area (Å²) < 4.78 is 5.22. The second-order valence-corrected chi connectivity index (χ2v) is 5.81. The van der Waals surface area contributed by atoms with Crippen molar-refractivity contribution in [3.8, 4) is 0 Å². The van der Waals surface area contributed by atoms with E-state index in [2.05, 4.69) is 15.8 Å². The molecule has 22 heavy (non-hydrogen) atoms. The van der Waals surface area contributed by atoms with E-state index in [1.165, 1.54) is 11.8 Å². The number of thioether (sulfide) groups is 1. The van der Waals surface area contributed by atoms with Crippen molar-refractivity contribution >= 4 is 34.4 Å². The Hall–Kier alpha value is -2.06. The molecule has 2 heterocycles. The number of nitrogens with one attached hydrogen (secondary N) is 2. The minimum Gasteiger partial charge on any atom is -0.378 e. The molecule has 0 saturated carbocycles. The van der Waals surface area contributed by atoms with Gasteiger partial charge in [0.15, 0.2) is 0 Å². The van der Waals surface area contributed by atoms with Gasteiger partial charge in [0.05, 0.1) is 19.0 Å². The lowest BCUT2D eigenvalue weighted by molar-refractivity contribution is -0.118. The highest BCUT2D eigenvalue weighted by Crippen LogP contribution is 2.18. The monoisotopic (exact) mass is 320 g/mol. The molecule has 1 saturated heterocycles. The van der Waals surface area contributed by atoms with E-state index in [1.807, 2.05) is 24.3 Å². The molecule has 116 valence electrons. The number of urea groups is 1. The number of rotatable bonds is 2. The molecule has 7 nitrogen and oxygen atoms in total. The van der Waals surface area contributed by atoms with Crippen molar-refractivity contribution in [1.82, 2.24) is 10.3 Å². The normalized spacial score (nSPS) is 18.5. The number of hydrazone groups is 1. The fraction of sp³-hybridized carbons (Fsp3) is 0.357. The van der Waals surface area contributed by atoms with Gasteiger partial charge < -0.3 is 15.0 Å². The number of carbonyl (C=O) groups is 2. The molecule has 2 aliphatic heterocycles. The average Bonchev–Trinajstić information content (AvgIpc) is 2.57. The Balaban J connectivity index is 1.61. The Bertz CT molecular complexity index is 597. The minimum absolute atomic E-state index is 0.0943. The van der Waals surface area contributed by atoms with Crippen LogP contribution in [0.3, 0.4) is 0 Å². The summed E-state index contributed by atoms with van der Waals surface area (Å²) in [5.74, 6) is 0.275. The van der Waals surface area contributed by atoms with Crippen molar-refractivity contribution in [3.05, 3.63) is 29.8 Å². The number of morpholine rings is 1. The van der Waals surface area contributed by atoms with Gasteiger partial charge in [0.2, 0.25) is 0 Å². The van der Waals surface area contributed by atoms with Crippen LogP contribution in [-0.2, 0) is 9.53 Å². The zero-order chi connectivity index (χ0) is 15.4. The fourth-order valence-corrected chi connectivity index (χ4v) is 2.87. The highest BCUT2D eigenvalue weighted by molar-refractivity contribution is 8.15. The Morgan fingerprint density at radius 3 is 2.64 bits per heavy atom. The van der Waals surface area contributed by atoms with Crippen molar-refractivity contribution < 1.29 is 14.3 Å². The first-order valence-electron chi connectivity index (χ1n) is 6.96. The van der Waals surface area contributed by atoms with E-state index in [-0.39, 0.29) is 11.9 Å². The van der Waals surface area contributed by atoms with E-state index in [0.29, 0.717) is 32.1 Å². The van der Waals surface area contributed by atoms with E-state index >= 15 is 0 Å². The molecule has 8 heteroatoms. The van der Waals surface area contributed by atoms with Gasteiger partial charge in [-0.1, -0.05) is 23.9 Å². The first-order chi connectivity index (χ1) is 10.7. The highest BCUT2D eigenvalue weighted by atomic mass is 32.2. The minimum atomic E-state index is -0.118. The van der Waals surface area contributed by atoms with E-state index in [9.17, 15) is 9.59 Å². The maximum atomic E-state index is 12.1. The molecule has 0 atom stereocenters. The van der Waals surface area contributed by atoms with Gasteiger partial charge in [-0.25, -0.2) is 10.2 Å². The topological polar surface area (TPSA) is 83.0 Å². The van der Waals surface area contributed by atoms with Gasteiger partial charge in [-0.3, -0.25) is 4.79 Å². The van der Waals surface area contributed by atoms with Crippen LogP contribution in [0.4, 0.5) is 10.5 Å². The molecule has 0 radical (unpaired) electrons. The van der Waals surface area contributed by atoms with Crippen LogP contribution in [0.25, 0.3) is 0 Å². The number of hydrogen-bond acceptors (Lipinski definition) is 5. The summed E-state index contributed by atoms with van der Waals surface area (Å²) in [4.78, 5) is 24.9. The number of carbonyl (C=O) groups excluding carboxylic acids is 2. The second-order valence-electron chi connectivity index (χ2n) is 4.85. The first-order valence-corrected chi connectivity index (χ1v) is 7.94. The Labute approximate surface area is 132 Å². The van der Waals surface area contributed by atoms with Crippen molar-refractivity contribution in [3.63, 3.8) is 0 Å². The number of amides is 3. The van der Waals surface area contributed by atoms with Gasteiger partial charge >= 0.3 is 6.03 Å². The van der Waals surface area contributed by atoms with Crippen LogP contribution >= 0.6 is 11.8 Å². The van der Waals surface area contributed by atoms with Crippen LogP contribution in [0.15, 0.2) is 29.4 Å². The number of hydrogen-bond donors (Lipinski definition) is 2. The van der Waals surface area contributed by atoms with Crippen molar-refractivity contribution in [2.45, 2.75) is 0 Å². The van der Waals surface area contributed by atoms with E-state index < -0.39 is 0 Å². The zero-order valence-corrected chi connectivity index (χ0v) is 12.7. The van der Waals surface area contributed by atoms with E-state index in [1.54, 1.807) is 4.90 Å². The standard InChI is InChI=1S/C14H16N4O3S/c19-12-9-22-13(17-16-12)10-1-3-11(4-2-10)15-14(20)18-5-7-21-8-6-18/h1-4H,5-9H2,(H,15,20)(H,16,19). The first kappa shape index (κ1) is 14.9. The lowest BCUT2D eigenvalue weighted by Crippen LogP contribution is -2.43. The number of benzene rings is 1. The number of nitrogens with zero attached hydrogens (tertiary/aromatic N) is 2. The summed E-state index contributed by atoms with van der Waals surface area (Å²) in [5, 5.41) is 7.65. The van der Waals surface area contributed by atoms with E-state index in [0.717, 1.165) is 16.3 Å². The third kappa shape index (κ3) is 3.58. The summed E-state index contributed by atoms with van der Waals surface area (Å²) in [6, 6.07) is 7.28. The molecule has 1 aromatic carbocycles. The fourth-order valence-electron chi connectivity index (χ4n) is 2.12. The third-order valence-electron chi connectivity index (χ3n) is 3.30. The molecular formula is C14H16N4O3S. The predicted octanol–water partition coefficient (Wildman–Crippen LogP) is 1.08. The number of ether oxygens (including phenoxy) is 1. The summed E-state index contributed by atoms with van der Waals surface area (Å²) in [6.07, 6.45) is 0. The molecule has 0 bridgehead atoms. The van der Waals surface area contributed by atoms with Crippen LogP contribution < -0.4 is 10.7 Å². The molecule has 0 aromatic heterocycles. The summed E-state index contributed by atoms with van der Waals surface area (Å²) in [7, 11) is 0. The quantitative estimate of drug-likeness (QED) is 0.854. The van der Waals surface area contributed by atoms with Gasteiger partial charge in [-0.15, -0.1) is 0 Å². The Kier molecular flexibility index (Phi) is 4.59. The third-order valence-corrected chi connectivity index (χ3v) is 4.31. The molecule has 2 aliphatic rings. The summed E-state index contributed by atoms with van der Waals surface area (Å²) in [6.45, 7) is 2.37. The van der Waals surface area contributed by atoms with Crippen LogP contribution in [-0.4, -0.2) is 53.9 Å². The zero-order valence-electron chi connectivity index (χ0n) is 11.9. The van der Waals surface area contributed by atoms with Gasteiger partial charge in [0.25, 0.3) is 5.91 Å². The van der Waals surface area contributed by atoms with Crippen LogP contribution in [0, 0.1) is 0 Å². The van der Waals surface area contributed by atoms with E-state index in [4.69, 9.17) is 4.74 Å². The molecule has 3 amide bonds. The van der Waals surface area contributed by atoms with Crippen LogP contribution in [0.2, 0.25) is 0 Å². The number of anilines is 1. The van der Waals surface area contributed by atoms with Gasteiger partial charge in [0.1, 0.15) is 5.04 Å². The Morgan fingerprint density at radius 2 is 2.00 bits per heavy atom. The lowest BCUT2D eigenvalue weighted by atomic mass is 10.2. The molecule has 1 fully saturated rings. The highest BCUT2D eigenvalue weighted by Gasteiger charge is 2.17.